The van der Waals surface area contributed by atoms with Gasteiger partial charge in [0.1, 0.15) is 22.8 Å². The molecule has 2 N–H and O–H groups in total. The predicted octanol–water partition coefficient (Wildman–Crippen LogP) is 3.51. The van der Waals surface area contributed by atoms with Gasteiger partial charge in [-0.05, 0) is 36.4 Å². The van der Waals surface area contributed by atoms with Crippen LogP contribution >= 0.6 is 24.0 Å². The van der Waals surface area contributed by atoms with Crippen molar-refractivity contribution < 1.29 is 29.3 Å². The number of methoxy groups -OCH3 is 2. The molecule has 0 unspecified atom stereocenters. The SMILES string of the molecule is COc1ccc(OC)c(/C=C2/SC(=S)N(c3ccc(C(=O)O)c(O)c3)C2=O)c1. The zero-order valence-electron chi connectivity index (χ0n) is 14.8. The molecule has 3 rings (SSSR count). The Hall–Kier alpha value is -3.04. The molecule has 1 aliphatic rings. The van der Waals surface area contributed by atoms with E-state index in [4.69, 9.17) is 26.8 Å². The molecule has 0 saturated carbocycles. The molecule has 2 aromatic carbocycles. The fraction of sp³-hybridized carbons (Fsp3) is 0.105. The van der Waals surface area contributed by atoms with Crippen molar-refractivity contribution in [2.75, 3.05) is 19.1 Å². The van der Waals surface area contributed by atoms with Crippen LogP contribution in [-0.2, 0) is 4.79 Å². The van der Waals surface area contributed by atoms with Crippen LogP contribution in [0.3, 0.4) is 0 Å². The second kappa shape index (κ2) is 7.91. The van der Waals surface area contributed by atoms with Gasteiger partial charge >= 0.3 is 5.97 Å². The lowest BCUT2D eigenvalue weighted by molar-refractivity contribution is -0.113. The Morgan fingerprint density at radius 3 is 2.54 bits per heavy atom. The lowest BCUT2D eigenvalue weighted by Gasteiger charge is -2.15. The molecule has 7 nitrogen and oxygen atoms in total. The zero-order chi connectivity index (χ0) is 20.4. The molecule has 2 aromatic rings. The van der Waals surface area contributed by atoms with Gasteiger partial charge in [-0.2, -0.15) is 0 Å². The number of nitrogens with zero attached hydrogens (tertiary/aromatic N) is 1. The number of amides is 1. The first-order valence-corrected chi connectivity index (χ1v) is 9.14. The molecular formula is C19H15NO6S2. The van der Waals surface area contributed by atoms with Crippen molar-refractivity contribution in [2.24, 2.45) is 0 Å². The average Bonchev–Trinajstić information content (AvgIpc) is 2.94. The molecule has 0 radical (unpaired) electrons. The molecule has 1 heterocycles. The van der Waals surface area contributed by atoms with Crippen molar-refractivity contribution in [1.29, 1.82) is 0 Å². The van der Waals surface area contributed by atoms with Crippen molar-refractivity contribution in [1.82, 2.24) is 0 Å². The Kier molecular flexibility index (Phi) is 5.57. The number of carboxylic acids is 1. The standard InChI is InChI=1S/C19H15NO6S2/c1-25-12-4-6-15(26-2)10(7-12)8-16-17(22)20(19(27)28-16)11-3-5-13(18(23)24)14(21)9-11/h3-9,21H,1-2H3,(H,23,24)/b16-8+. The van der Waals surface area contributed by atoms with Crippen LogP contribution in [0, 0.1) is 0 Å². The molecule has 1 fully saturated rings. The number of carbonyl (C=O) groups is 2. The first kappa shape index (κ1) is 19.7. The summed E-state index contributed by atoms with van der Waals surface area (Å²) in [7, 11) is 3.06. The van der Waals surface area contributed by atoms with Crippen molar-refractivity contribution in [2.45, 2.75) is 0 Å². The largest absolute Gasteiger partial charge is 0.507 e. The van der Waals surface area contributed by atoms with E-state index in [0.717, 1.165) is 11.8 Å². The van der Waals surface area contributed by atoms with Gasteiger partial charge in [-0.3, -0.25) is 9.69 Å². The molecule has 0 aliphatic carbocycles. The predicted molar refractivity (Wildman–Crippen MR) is 110 cm³/mol. The fourth-order valence-electron chi connectivity index (χ4n) is 2.62. The fourth-order valence-corrected chi connectivity index (χ4v) is 3.91. The molecule has 1 saturated heterocycles. The number of benzene rings is 2. The minimum atomic E-state index is -1.26. The van der Waals surface area contributed by atoms with E-state index in [1.807, 2.05) is 0 Å². The van der Waals surface area contributed by atoms with E-state index < -0.39 is 11.7 Å². The smallest absolute Gasteiger partial charge is 0.339 e. The number of phenols is 1. The summed E-state index contributed by atoms with van der Waals surface area (Å²) in [5.41, 5.74) is 0.670. The van der Waals surface area contributed by atoms with Gasteiger partial charge in [0.25, 0.3) is 5.91 Å². The second-order valence-electron chi connectivity index (χ2n) is 5.63. The number of aromatic hydroxyl groups is 1. The number of anilines is 1. The van der Waals surface area contributed by atoms with Gasteiger partial charge in [0, 0.05) is 11.6 Å². The maximum Gasteiger partial charge on any atom is 0.339 e. The molecule has 0 bridgehead atoms. The summed E-state index contributed by atoms with van der Waals surface area (Å²) in [4.78, 5) is 25.5. The maximum atomic E-state index is 12.9. The molecular weight excluding hydrogens is 402 g/mol. The Morgan fingerprint density at radius 1 is 1.18 bits per heavy atom. The Balaban J connectivity index is 1.97. The Labute approximate surface area is 170 Å². The number of hydrogen-bond acceptors (Lipinski definition) is 7. The molecule has 1 amide bonds. The zero-order valence-corrected chi connectivity index (χ0v) is 16.5. The van der Waals surface area contributed by atoms with Crippen LogP contribution in [0.4, 0.5) is 5.69 Å². The van der Waals surface area contributed by atoms with Crippen molar-refractivity contribution in [3.63, 3.8) is 0 Å². The van der Waals surface area contributed by atoms with Crippen LogP contribution in [-0.4, -0.2) is 40.6 Å². The molecule has 0 atom stereocenters. The van der Waals surface area contributed by atoms with Gasteiger partial charge in [0.05, 0.1) is 24.8 Å². The van der Waals surface area contributed by atoms with Crippen LogP contribution in [0.25, 0.3) is 6.08 Å². The van der Waals surface area contributed by atoms with Crippen LogP contribution in [0.15, 0.2) is 41.3 Å². The van der Waals surface area contributed by atoms with Crippen molar-refractivity contribution in [3.05, 3.63) is 52.4 Å². The van der Waals surface area contributed by atoms with E-state index in [1.165, 1.54) is 30.2 Å². The van der Waals surface area contributed by atoms with Crippen LogP contribution in [0.2, 0.25) is 0 Å². The Bertz CT molecular complexity index is 1020. The topological polar surface area (TPSA) is 96.3 Å². The summed E-state index contributed by atoms with van der Waals surface area (Å²) >= 11 is 6.40. The number of carbonyl (C=O) groups excluding carboxylic acids is 1. The summed E-state index contributed by atoms with van der Waals surface area (Å²) in [6, 6.07) is 9.05. The molecule has 1 aliphatic heterocycles. The number of ether oxygens (including phenoxy) is 2. The third kappa shape index (κ3) is 3.67. The number of thiocarbonyl (C=S) groups is 1. The first-order valence-electron chi connectivity index (χ1n) is 7.92. The van der Waals surface area contributed by atoms with E-state index in [-0.39, 0.29) is 21.5 Å². The lowest BCUT2D eigenvalue weighted by atomic mass is 10.1. The van der Waals surface area contributed by atoms with E-state index in [9.17, 15) is 14.7 Å². The number of thioether (sulfide) groups is 1. The summed E-state index contributed by atoms with van der Waals surface area (Å²) in [6.07, 6.45) is 1.64. The summed E-state index contributed by atoms with van der Waals surface area (Å²) in [5.74, 6) is -0.925. The van der Waals surface area contributed by atoms with Crippen LogP contribution in [0.5, 0.6) is 17.2 Å². The third-order valence-corrected chi connectivity index (χ3v) is 5.29. The van der Waals surface area contributed by atoms with Crippen LogP contribution in [0.1, 0.15) is 15.9 Å². The number of rotatable bonds is 5. The number of hydrogen-bond donors (Lipinski definition) is 2. The van der Waals surface area contributed by atoms with Gasteiger partial charge in [0.2, 0.25) is 0 Å². The van der Waals surface area contributed by atoms with Gasteiger partial charge in [-0.25, -0.2) is 4.79 Å². The minimum Gasteiger partial charge on any atom is -0.507 e. The highest BCUT2D eigenvalue weighted by Crippen LogP contribution is 2.39. The minimum absolute atomic E-state index is 0.258. The van der Waals surface area contributed by atoms with Crippen molar-refractivity contribution in [3.8, 4) is 17.2 Å². The molecule has 144 valence electrons. The third-order valence-electron chi connectivity index (χ3n) is 3.99. The lowest BCUT2D eigenvalue weighted by Crippen LogP contribution is -2.27. The highest BCUT2D eigenvalue weighted by Gasteiger charge is 2.34. The number of aromatic carboxylic acids is 1. The highest BCUT2D eigenvalue weighted by atomic mass is 32.2. The maximum absolute atomic E-state index is 12.9. The molecule has 0 spiro atoms. The van der Waals surface area contributed by atoms with Gasteiger partial charge in [-0.1, -0.05) is 24.0 Å². The monoisotopic (exact) mass is 417 g/mol. The van der Waals surface area contributed by atoms with E-state index in [0.29, 0.717) is 22.0 Å². The summed E-state index contributed by atoms with van der Waals surface area (Å²) in [5, 5.41) is 18.9. The van der Waals surface area contributed by atoms with Gasteiger partial charge in [-0.15, -0.1) is 0 Å². The molecule has 9 heteroatoms. The second-order valence-corrected chi connectivity index (χ2v) is 7.31. The van der Waals surface area contributed by atoms with E-state index >= 15 is 0 Å². The van der Waals surface area contributed by atoms with Crippen molar-refractivity contribution >= 4 is 51.9 Å². The van der Waals surface area contributed by atoms with Crippen LogP contribution < -0.4 is 14.4 Å². The van der Waals surface area contributed by atoms with Gasteiger partial charge in [0.15, 0.2) is 4.32 Å². The average molecular weight is 417 g/mol. The normalized spacial score (nSPS) is 15.2. The number of carboxylic acid groups (broad SMARTS) is 1. The quantitative estimate of drug-likeness (QED) is 0.564. The van der Waals surface area contributed by atoms with E-state index in [2.05, 4.69) is 0 Å². The molecule has 0 aromatic heterocycles. The first-order chi connectivity index (χ1) is 13.3. The Morgan fingerprint density at radius 2 is 1.93 bits per heavy atom. The summed E-state index contributed by atoms with van der Waals surface area (Å²) < 4.78 is 10.8. The molecule has 28 heavy (non-hydrogen) atoms. The van der Waals surface area contributed by atoms with E-state index in [1.54, 1.807) is 31.4 Å². The summed E-state index contributed by atoms with van der Waals surface area (Å²) in [6.45, 7) is 0. The highest BCUT2D eigenvalue weighted by molar-refractivity contribution is 8.27. The van der Waals surface area contributed by atoms with Gasteiger partial charge < -0.3 is 19.7 Å².